The summed E-state index contributed by atoms with van der Waals surface area (Å²) in [5.74, 6) is 2.33. The molecule has 96 valence electrons. The molecule has 18 heavy (non-hydrogen) atoms. The van der Waals surface area contributed by atoms with Gasteiger partial charge in [0.1, 0.15) is 0 Å². The predicted octanol–water partition coefficient (Wildman–Crippen LogP) is 1.94. The molecular formula is C14H18N2OS. The maximum atomic E-state index is 11.7. The van der Waals surface area contributed by atoms with Gasteiger partial charge >= 0.3 is 0 Å². The standard InChI is InChI=1S/C14H18N2OS/c1-4-8-16-14(17)11(3)18-13-7-5-6-12(9-13)10(2)15/h1,5-7,9-11H,8,15H2,2-3H3,(H,16,17). The van der Waals surface area contributed by atoms with Crippen molar-refractivity contribution in [3.63, 3.8) is 0 Å². The Morgan fingerprint density at radius 3 is 2.89 bits per heavy atom. The van der Waals surface area contributed by atoms with Crippen molar-refractivity contribution in [1.82, 2.24) is 5.32 Å². The summed E-state index contributed by atoms with van der Waals surface area (Å²) >= 11 is 1.50. The van der Waals surface area contributed by atoms with E-state index in [0.29, 0.717) is 0 Å². The first-order valence-electron chi connectivity index (χ1n) is 5.78. The van der Waals surface area contributed by atoms with Crippen molar-refractivity contribution in [3.8, 4) is 12.3 Å². The first-order valence-corrected chi connectivity index (χ1v) is 6.66. The van der Waals surface area contributed by atoms with Crippen LogP contribution in [-0.4, -0.2) is 17.7 Å². The van der Waals surface area contributed by atoms with Crippen LogP contribution in [0.15, 0.2) is 29.2 Å². The van der Waals surface area contributed by atoms with Gasteiger partial charge in [-0.1, -0.05) is 18.1 Å². The Morgan fingerprint density at radius 1 is 1.56 bits per heavy atom. The summed E-state index contributed by atoms with van der Waals surface area (Å²) in [5, 5.41) is 2.49. The number of hydrogen-bond donors (Lipinski definition) is 2. The van der Waals surface area contributed by atoms with E-state index in [1.807, 2.05) is 38.1 Å². The average Bonchev–Trinajstić information content (AvgIpc) is 2.36. The Morgan fingerprint density at radius 2 is 2.28 bits per heavy atom. The molecule has 0 saturated carbocycles. The van der Waals surface area contributed by atoms with Gasteiger partial charge in [0.05, 0.1) is 11.8 Å². The molecule has 1 amide bonds. The van der Waals surface area contributed by atoms with Crippen molar-refractivity contribution in [2.75, 3.05) is 6.54 Å². The Hall–Kier alpha value is -1.44. The fourth-order valence-electron chi connectivity index (χ4n) is 1.41. The molecule has 0 heterocycles. The van der Waals surface area contributed by atoms with E-state index < -0.39 is 0 Å². The lowest BCUT2D eigenvalue weighted by atomic mass is 10.1. The Balaban J connectivity index is 2.64. The van der Waals surface area contributed by atoms with Crippen molar-refractivity contribution in [2.24, 2.45) is 5.73 Å². The lowest BCUT2D eigenvalue weighted by Crippen LogP contribution is -2.31. The highest BCUT2D eigenvalue weighted by molar-refractivity contribution is 8.00. The number of rotatable bonds is 5. The summed E-state index contributed by atoms with van der Waals surface area (Å²) < 4.78 is 0. The zero-order valence-electron chi connectivity index (χ0n) is 10.6. The average molecular weight is 262 g/mol. The topological polar surface area (TPSA) is 55.1 Å². The second-order valence-corrected chi connectivity index (χ2v) is 5.46. The monoisotopic (exact) mass is 262 g/mol. The van der Waals surface area contributed by atoms with Crippen LogP contribution < -0.4 is 11.1 Å². The number of amides is 1. The highest BCUT2D eigenvalue weighted by atomic mass is 32.2. The SMILES string of the molecule is C#CCNC(=O)C(C)Sc1cccc(C(C)N)c1. The third-order valence-corrected chi connectivity index (χ3v) is 3.52. The molecule has 0 aliphatic heterocycles. The smallest absolute Gasteiger partial charge is 0.233 e. The lowest BCUT2D eigenvalue weighted by Gasteiger charge is -2.12. The summed E-state index contributed by atoms with van der Waals surface area (Å²) in [6.07, 6.45) is 5.10. The summed E-state index contributed by atoms with van der Waals surface area (Å²) in [7, 11) is 0. The third-order valence-electron chi connectivity index (χ3n) is 2.43. The van der Waals surface area contributed by atoms with Gasteiger partial charge in [-0.05, 0) is 31.5 Å². The van der Waals surface area contributed by atoms with Gasteiger partial charge in [0.2, 0.25) is 5.91 Å². The fourth-order valence-corrected chi connectivity index (χ4v) is 2.37. The zero-order chi connectivity index (χ0) is 13.5. The number of benzene rings is 1. The third kappa shape index (κ3) is 4.44. The molecule has 2 atom stereocenters. The van der Waals surface area contributed by atoms with Gasteiger partial charge in [0, 0.05) is 10.9 Å². The molecule has 0 aliphatic rings. The fraction of sp³-hybridized carbons (Fsp3) is 0.357. The van der Waals surface area contributed by atoms with Crippen LogP contribution in [0.2, 0.25) is 0 Å². The van der Waals surface area contributed by atoms with Crippen molar-refractivity contribution in [1.29, 1.82) is 0 Å². The summed E-state index contributed by atoms with van der Waals surface area (Å²) in [6.45, 7) is 4.06. The number of carbonyl (C=O) groups excluding carboxylic acids is 1. The highest BCUT2D eigenvalue weighted by Gasteiger charge is 2.13. The minimum Gasteiger partial charge on any atom is -0.344 e. The Kier molecular flexibility index (Phi) is 5.76. The van der Waals surface area contributed by atoms with Crippen LogP contribution in [0, 0.1) is 12.3 Å². The molecule has 0 radical (unpaired) electrons. The van der Waals surface area contributed by atoms with Crippen molar-refractivity contribution in [3.05, 3.63) is 29.8 Å². The van der Waals surface area contributed by atoms with E-state index >= 15 is 0 Å². The number of thioether (sulfide) groups is 1. The highest BCUT2D eigenvalue weighted by Crippen LogP contribution is 2.25. The van der Waals surface area contributed by atoms with Gasteiger partial charge in [0.25, 0.3) is 0 Å². The molecule has 0 saturated heterocycles. The molecule has 0 bridgehead atoms. The van der Waals surface area contributed by atoms with Crippen LogP contribution in [0.4, 0.5) is 0 Å². The first-order chi connectivity index (χ1) is 8.54. The van der Waals surface area contributed by atoms with Crippen LogP contribution >= 0.6 is 11.8 Å². The van der Waals surface area contributed by atoms with Crippen LogP contribution in [0.25, 0.3) is 0 Å². The minimum atomic E-state index is -0.179. The number of carbonyl (C=O) groups is 1. The first kappa shape index (κ1) is 14.6. The quantitative estimate of drug-likeness (QED) is 0.630. The van der Waals surface area contributed by atoms with E-state index in [0.717, 1.165) is 10.5 Å². The number of nitrogens with one attached hydrogen (secondary N) is 1. The van der Waals surface area contributed by atoms with E-state index in [9.17, 15) is 4.79 Å². The Labute approximate surface area is 113 Å². The Bertz CT molecular complexity index is 451. The molecule has 1 aromatic rings. The maximum Gasteiger partial charge on any atom is 0.233 e. The van der Waals surface area contributed by atoms with Crippen LogP contribution in [-0.2, 0) is 4.79 Å². The number of nitrogens with two attached hydrogens (primary N) is 1. The maximum absolute atomic E-state index is 11.7. The van der Waals surface area contributed by atoms with E-state index in [1.165, 1.54) is 11.8 Å². The molecule has 3 N–H and O–H groups in total. The molecule has 2 unspecified atom stereocenters. The van der Waals surface area contributed by atoms with Gasteiger partial charge in [-0.3, -0.25) is 4.79 Å². The van der Waals surface area contributed by atoms with Gasteiger partial charge in [-0.25, -0.2) is 0 Å². The van der Waals surface area contributed by atoms with Gasteiger partial charge in [-0.2, -0.15) is 0 Å². The van der Waals surface area contributed by atoms with Gasteiger partial charge in [0.15, 0.2) is 0 Å². The van der Waals surface area contributed by atoms with Gasteiger partial charge < -0.3 is 11.1 Å². The lowest BCUT2D eigenvalue weighted by molar-refractivity contribution is -0.120. The van der Waals surface area contributed by atoms with Crippen LogP contribution in [0.3, 0.4) is 0 Å². The zero-order valence-corrected chi connectivity index (χ0v) is 11.5. The van der Waals surface area contributed by atoms with E-state index in [-0.39, 0.29) is 23.7 Å². The number of hydrogen-bond acceptors (Lipinski definition) is 3. The van der Waals surface area contributed by atoms with Crippen LogP contribution in [0.5, 0.6) is 0 Å². The summed E-state index contributed by atoms with van der Waals surface area (Å²) in [6, 6.07) is 7.92. The molecule has 0 aliphatic carbocycles. The molecule has 0 aromatic heterocycles. The molecule has 1 rings (SSSR count). The predicted molar refractivity (Wildman–Crippen MR) is 76.2 cm³/mol. The normalized spacial score (nSPS) is 13.4. The molecule has 0 fully saturated rings. The van der Waals surface area contributed by atoms with Crippen molar-refractivity contribution in [2.45, 2.75) is 30.0 Å². The summed E-state index contributed by atoms with van der Waals surface area (Å²) in [5.41, 5.74) is 6.89. The van der Waals surface area contributed by atoms with Crippen molar-refractivity contribution >= 4 is 17.7 Å². The summed E-state index contributed by atoms with van der Waals surface area (Å²) in [4.78, 5) is 12.7. The molecule has 3 nitrogen and oxygen atoms in total. The second kappa shape index (κ2) is 7.10. The number of terminal acetylenes is 1. The molecule has 0 spiro atoms. The van der Waals surface area contributed by atoms with E-state index in [1.54, 1.807) is 0 Å². The molecule has 4 heteroatoms. The van der Waals surface area contributed by atoms with Crippen molar-refractivity contribution < 1.29 is 4.79 Å². The second-order valence-electron chi connectivity index (χ2n) is 4.04. The van der Waals surface area contributed by atoms with Crippen LogP contribution in [0.1, 0.15) is 25.5 Å². The largest absolute Gasteiger partial charge is 0.344 e. The van der Waals surface area contributed by atoms with E-state index in [4.69, 9.17) is 12.2 Å². The van der Waals surface area contributed by atoms with Gasteiger partial charge in [-0.15, -0.1) is 18.2 Å². The van der Waals surface area contributed by atoms with E-state index in [2.05, 4.69) is 11.2 Å². The molecular weight excluding hydrogens is 244 g/mol. The minimum absolute atomic E-state index is 0.00359. The molecule has 1 aromatic carbocycles.